The van der Waals surface area contributed by atoms with Crippen LogP contribution in [0.3, 0.4) is 0 Å². The Labute approximate surface area is 93.3 Å². The molecule has 0 fully saturated rings. The maximum atomic E-state index is 11.3. The molecule has 0 aliphatic rings. The Morgan fingerprint density at radius 2 is 1.67 bits per heavy atom. The first kappa shape index (κ1) is 14.4. The van der Waals surface area contributed by atoms with Crippen molar-refractivity contribution in [2.45, 2.75) is 64.8 Å². The lowest BCUT2D eigenvalue weighted by atomic mass is 9.88. The third-order valence-electron chi connectivity index (χ3n) is 2.76. The van der Waals surface area contributed by atoms with Crippen LogP contribution >= 0.6 is 0 Å². The molecule has 15 heavy (non-hydrogen) atoms. The number of unbranched alkanes of at least 4 members (excludes halogenated alkanes) is 1. The van der Waals surface area contributed by atoms with Crippen molar-refractivity contribution in [3.05, 3.63) is 0 Å². The van der Waals surface area contributed by atoms with Crippen LogP contribution in [0.1, 0.15) is 59.3 Å². The Morgan fingerprint density at radius 3 is 2.00 bits per heavy atom. The number of rotatable bonds is 9. The quantitative estimate of drug-likeness (QED) is 0.581. The van der Waals surface area contributed by atoms with Gasteiger partial charge in [-0.05, 0) is 25.8 Å². The normalized spacial score (nSPS) is 11.7. The molecule has 90 valence electrons. The van der Waals surface area contributed by atoms with Gasteiger partial charge in [0, 0.05) is 0 Å². The topological polar surface area (TPSA) is 49.3 Å². The smallest absolute Gasteiger partial charge is 0.323 e. The molecule has 3 nitrogen and oxygen atoms in total. The Kier molecular flexibility index (Phi) is 7.39. The molecule has 0 aromatic rings. The molecular formula is C12H25NO2. The summed E-state index contributed by atoms with van der Waals surface area (Å²) < 4.78 is 0. The van der Waals surface area contributed by atoms with Crippen LogP contribution in [0.4, 0.5) is 0 Å². The zero-order valence-corrected chi connectivity index (χ0v) is 10.3. The summed E-state index contributed by atoms with van der Waals surface area (Å²) in [6.45, 7) is 7.00. The molecule has 0 aromatic heterocycles. The van der Waals surface area contributed by atoms with Gasteiger partial charge in [-0.1, -0.05) is 40.0 Å². The first-order chi connectivity index (χ1) is 7.13. The number of hydrogen-bond donors (Lipinski definition) is 2. The van der Waals surface area contributed by atoms with Crippen LogP contribution in [0.2, 0.25) is 0 Å². The molecule has 0 aromatic carbocycles. The van der Waals surface area contributed by atoms with Gasteiger partial charge in [0.05, 0.1) is 0 Å². The monoisotopic (exact) mass is 215 g/mol. The largest absolute Gasteiger partial charge is 0.480 e. The fourth-order valence-corrected chi connectivity index (χ4v) is 1.95. The van der Waals surface area contributed by atoms with Gasteiger partial charge in [-0.25, -0.2) is 0 Å². The second kappa shape index (κ2) is 7.69. The van der Waals surface area contributed by atoms with E-state index < -0.39 is 11.5 Å². The number of aliphatic carboxylic acids is 1. The minimum absolute atomic E-state index is 0.682. The minimum Gasteiger partial charge on any atom is -0.480 e. The van der Waals surface area contributed by atoms with E-state index in [4.69, 9.17) is 0 Å². The van der Waals surface area contributed by atoms with E-state index in [2.05, 4.69) is 12.2 Å². The highest BCUT2D eigenvalue weighted by Gasteiger charge is 2.35. The number of carbonyl (C=O) groups is 1. The summed E-state index contributed by atoms with van der Waals surface area (Å²) in [6, 6.07) is 0. The Morgan fingerprint density at radius 1 is 1.13 bits per heavy atom. The molecule has 0 rings (SSSR count). The summed E-state index contributed by atoms with van der Waals surface area (Å²) >= 11 is 0. The molecule has 0 heterocycles. The molecule has 0 aliphatic carbocycles. The van der Waals surface area contributed by atoms with E-state index in [-0.39, 0.29) is 0 Å². The summed E-state index contributed by atoms with van der Waals surface area (Å²) in [4.78, 5) is 11.3. The van der Waals surface area contributed by atoms with E-state index >= 15 is 0 Å². The van der Waals surface area contributed by atoms with E-state index in [0.29, 0.717) is 0 Å². The maximum Gasteiger partial charge on any atom is 0.323 e. The van der Waals surface area contributed by atoms with Crippen LogP contribution < -0.4 is 5.32 Å². The van der Waals surface area contributed by atoms with Crippen molar-refractivity contribution in [2.24, 2.45) is 0 Å². The molecule has 0 saturated carbocycles. The van der Waals surface area contributed by atoms with Gasteiger partial charge >= 0.3 is 5.97 Å². The Balaban J connectivity index is 4.40. The lowest BCUT2D eigenvalue weighted by molar-refractivity contribution is -0.145. The van der Waals surface area contributed by atoms with Crippen molar-refractivity contribution in [2.75, 3.05) is 6.54 Å². The molecule has 0 amide bonds. The van der Waals surface area contributed by atoms with Gasteiger partial charge in [0.2, 0.25) is 0 Å². The summed E-state index contributed by atoms with van der Waals surface area (Å²) in [5, 5.41) is 12.6. The van der Waals surface area contributed by atoms with E-state index in [9.17, 15) is 9.90 Å². The van der Waals surface area contributed by atoms with Crippen molar-refractivity contribution < 1.29 is 9.90 Å². The summed E-state index contributed by atoms with van der Waals surface area (Å²) in [5.74, 6) is -0.692. The average molecular weight is 215 g/mol. The van der Waals surface area contributed by atoms with E-state index in [0.717, 1.165) is 45.1 Å². The molecule has 0 radical (unpaired) electrons. The fraction of sp³-hybridized carbons (Fsp3) is 0.917. The number of carboxylic acid groups (broad SMARTS) is 1. The van der Waals surface area contributed by atoms with Gasteiger partial charge in [-0.15, -0.1) is 0 Å². The summed E-state index contributed by atoms with van der Waals surface area (Å²) in [6.07, 6.45) is 5.40. The van der Waals surface area contributed by atoms with E-state index in [1.54, 1.807) is 0 Å². The highest BCUT2D eigenvalue weighted by molar-refractivity contribution is 5.78. The van der Waals surface area contributed by atoms with Crippen molar-refractivity contribution in [1.29, 1.82) is 0 Å². The number of hydrogen-bond acceptors (Lipinski definition) is 2. The predicted molar refractivity (Wildman–Crippen MR) is 63.1 cm³/mol. The molecule has 0 spiro atoms. The first-order valence-corrected chi connectivity index (χ1v) is 6.11. The van der Waals surface area contributed by atoms with Crippen molar-refractivity contribution in [3.8, 4) is 0 Å². The third kappa shape index (κ3) is 4.65. The van der Waals surface area contributed by atoms with Crippen molar-refractivity contribution in [1.82, 2.24) is 5.32 Å². The average Bonchev–Trinajstić information content (AvgIpc) is 2.18. The van der Waals surface area contributed by atoms with Crippen molar-refractivity contribution in [3.63, 3.8) is 0 Å². The van der Waals surface area contributed by atoms with E-state index in [1.165, 1.54) is 0 Å². The van der Waals surface area contributed by atoms with Crippen molar-refractivity contribution >= 4 is 5.97 Å². The van der Waals surface area contributed by atoms with Gasteiger partial charge in [0.15, 0.2) is 0 Å². The standard InChI is InChI=1S/C12H25NO2/c1-4-7-10-13-12(8-5-2,9-6-3)11(14)15/h13H,4-10H2,1-3H3,(H,14,15). The predicted octanol–water partition coefficient (Wildman–Crippen LogP) is 2.80. The second-order valence-corrected chi connectivity index (χ2v) is 4.17. The number of carboxylic acids is 1. The summed E-state index contributed by atoms with van der Waals surface area (Å²) in [7, 11) is 0. The Hall–Kier alpha value is -0.570. The fourth-order valence-electron chi connectivity index (χ4n) is 1.95. The highest BCUT2D eigenvalue weighted by atomic mass is 16.4. The molecule has 0 unspecified atom stereocenters. The molecular weight excluding hydrogens is 190 g/mol. The van der Waals surface area contributed by atoms with E-state index in [1.807, 2.05) is 13.8 Å². The number of nitrogens with one attached hydrogen (secondary N) is 1. The summed E-state index contributed by atoms with van der Waals surface area (Å²) in [5.41, 5.74) is -0.682. The molecule has 0 atom stereocenters. The van der Waals surface area contributed by atoms with Crippen LogP contribution in [0.15, 0.2) is 0 Å². The van der Waals surface area contributed by atoms with Crippen LogP contribution in [0.5, 0.6) is 0 Å². The van der Waals surface area contributed by atoms with Gasteiger partial charge < -0.3 is 10.4 Å². The first-order valence-electron chi connectivity index (χ1n) is 6.11. The van der Waals surface area contributed by atoms with Gasteiger partial charge in [0.1, 0.15) is 5.54 Å². The SMILES string of the molecule is CCCCNC(CCC)(CCC)C(=O)O. The molecule has 0 aliphatic heterocycles. The van der Waals surface area contributed by atoms with Gasteiger partial charge in [-0.2, -0.15) is 0 Å². The Bertz CT molecular complexity index is 174. The van der Waals surface area contributed by atoms with Crippen LogP contribution in [0, 0.1) is 0 Å². The highest BCUT2D eigenvalue weighted by Crippen LogP contribution is 2.20. The van der Waals surface area contributed by atoms with Crippen LogP contribution in [-0.2, 0) is 4.79 Å². The van der Waals surface area contributed by atoms with Crippen LogP contribution in [-0.4, -0.2) is 23.2 Å². The maximum absolute atomic E-state index is 11.3. The molecule has 2 N–H and O–H groups in total. The molecule has 0 bridgehead atoms. The lowest BCUT2D eigenvalue weighted by Crippen LogP contribution is -2.52. The molecule has 0 saturated heterocycles. The zero-order valence-electron chi connectivity index (χ0n) is 10.3. The minimum atomic E-state index is -0.692. The third-order valence-corrected chi connectivity index (χ3v) is 2.76. The van der Waals surface area contributed by atoms with Gasteiger partial charge in [-0.3, -0.25) is 4.79 Å². The second-order valence-electron chi connectivity index (χ2n) is 4.17. The zero-order chi connectivity index (χ0) is 11.7. The lowest BCUT2D eigenvalue weighted by Gasteiger charge is -2.30. The van der Waals surface area contributed by atoms with Gasteiger partial charge in [0.25, 0.3) is 0 Å². The van der Waals surface area contributed by atoms with Crippen LogP contribution in [0.25, 0.3) is 0 Å². The molecule has 3 heteroatoms.